The molecule has 15 aromatic rings. The molecule has 8 N–H and O–H groups in total. The second-order valence-corrected chi connectivity index (χ2v) is 30.2. The number of anilines is 5. The van der Waals surface area contributed by atoms with Crippen molar-refractivity contribution in [1.29, 1.82) is 0 Å². The molecule has 516 valence electrons. The number of hydrogen-bond acceptors (Lipinski definition) is 20. The summed E-state index contributed by atoms with van der Waals surface area (Å²) in [5, 5.41) is 22.7. The molecule has 0 radical (unpaired) electrons. The lowest BCUT2D eigenvalue weighted by Gasteiger charge is -2.11. The lowest BCUT2D eigenvalue weighted by molar-refractivity contribution is 0.600. The van der Waals surface area contributed by atoms with E-state index in [9.17, 15) is 21.0 Å². The fourth-order valence-corrected chi connectivity index (χ4v) is 13.1. The Morgan fingerprint density at radius 3 is 1.23 bits per heavy atom. The van der Waals surface area contributed by atoms with Crippen LogP contribution in [-0.4, -0.2) is 134 Å². The highest BCUT2D eigenvalue weighted by atomic mass is 32.2. The van der Waals surface area contributed by atoms with Crippen LogP contribution in [-0.2, 0) is 55.0 Å². The zero-order valence-corrected chi connectivity index (χ0v) is 58.5. The Hall–Kier alpha value is -12.5. The average molecular weight is 1420 g/mol. The fourth-order valence-electron chi connectivity index (χ4n) is 11.1. The Morgan fingerprint density at radius 1 is 0.412 bits per heavy atom. The summed E-state index contributed by atoms with van der Waals surface area (Å²) in [7, 11) is -8.83. The van der Waals surface area contributed by atoms with Crippen LogP contribution in [0.25, 0.3) is 84.9 Å². The molecule has 1 atom stereocenters. The van der Waals surface area contributed by atoms with Crippen LogP contribution in [0, 0.1) is 20.8 Å². The highest BCUT2D eigenvalue weighted by Gasteiger charge is 2.21. The van der Waals surface area contributed by atoms with Gasteiger partial charge in [0.1, 0.15) is 36.5 Å². The summed E-state index contributed by atoms with van der Waals surface area (Å²) in [6, 6.07) is 51.2. The van der Waals surface area contributed by atoms with Crippen LogP contribution in [0.1, 0.15) is 40.1 Å². The van der Waals surface area contributed by atoms with Crippen LogP contribution >= 0.6 is 0 Å². The number of sulfonamides is 1. The van der Waals surface area contributed by atoms with Crippen LogP contribution in [0.15, 0.2) is 201 Å². The zero-order valence-electron chi connectivity index (χ0n) is 56.1. The van der Waals surface area contributed by atoms with Crippen LogP contribution in [0.3, 0.4) is 0 Å². The number of aryl methyl sites for hydroxylation is 3. The molecule has 102 heavy (non-hydrogen) atoms. The highest BCUT2D eigenvalue weighted by Crippen LogP contribution is 2.34. The molecule has 0 bridgehead atoms. The molecular weight excluding hydrogens is 1350 g/mol. The first-order valence-electron chi connectivity index (χ1n) is 31.8. The second-order valence-electron chi connectivity index (χ2n) is 24.1. The number of aromatic amines is 3. The molecule has 0 spiro atoms. The quantitative estimate of drug-likeness (QED) is 0.0310. The monoisotopic (exact) mass is 1420 g/mol. The molecule has 0 aliphatic carbocycles. The predicted molar refractivity (Wildman–Crippen MR) is 399 cm³/mol. The van der Waals surface area contributed by atoms with Crippen molar-refractivity contribution >= 4 is 80.8 Å². The van der Waals surface area contributed by atoms with E-state index in [1.165, 1.54) is 25.2 Å². The first-order chi connectivity index (χ1) is 49.0. The van der Waals surface area contributed by atoms with E-state index >= 15 is 0 Å². The van der Waals surface area contributed by atoms with Crippen LogP contribution in [0.4, 0.5) is 28.4 Å². The van der Waals surface area contributed by atoms with Crippen molar-refractivity contribution in [2.45, 2.75) is 46.2 Å². The van der Waals surface area contributed by atoms with Gasteiger partial charge in [0, 0.05) is 91.6 Å². The SMILES string of the molecule is C=S(C)(=O)Nc1cccc(NCc2nc(-c3ccc4ncnn4c3)c(-c3cccc(C)n3)[nH]2)c1.Cc1cccc(-c2[nH]c(CNc3ccc(CS(C)(=O)=O)cc3)nc2-c2ccc3ncnn3c2)n1.Cc1cccc(-c2[nH]c(CNc3ccccc3NS(C)(=O)=O)nc2-c2ccc3ncnn3c2)n1. The zero-order chi connectivity index (χ0) is 71.1. The Morgan fingerprint density at radius 2 is 0.814 bits per heavy atom. The topological polar surface area (TPSA) is 361 Å². The number of hydrogen-bond donors (Lipinski definition) is 8. The van der Waals surface area contributed by atoms with E-state index in [1.54, 1.807) is 38.0 Å². The van der Waals surface area contributed by atoms with Crippen molar-refractivity contribution in [1.82, 2.24) is 88.6 Å². The molecule has 0 amide bonds. The number of fused-ring (bicyclic) bond motifs is 3. The Kier molecular flexibility index (Phi) is 19.4. The molecular formula is C71H69N23O5S3. The Balaban J connectivity index is 0.000000137. The number of para-hydroxylation sites is 2. The number of H-pyrrole nitrogens is 3. The standard InChI is InChI=1S/C24H24N8OS.C24H23N7O2S.C23H22N8O2S/c1-16-6-4-9-20(28-16)24-23(17-10-11-22-26-15-27-32(22)14-17)29-21(30-24)13-25-18-7-5-8-19(12-18)31-34(2,3)33;1-16-4-3-5-20(28-16)24-23(18-8-11-22-26-15-27-31(22)13-18)29-21(30-24)12-25-19-9-6-17(7-10-19)14-34(2,32)33;1-15-6-5-9-19(27-15)23-22(16-10-11-21-25-14-26-31(21)13-16)28-20(29-23)12-24-17-7-3-4-8-18(17)30-34(2,32)33/h4-12,14-15,25H,2,13H2,1,3H3,(H,29,30)(H,31,33);3-11,13,15,25H,12,14H2,1-2H3,(H,29,30);3-11,13-14,24,30H,12H2,1-2H3,(H,28,29). The van der Waals surface area contributed by atoms with E-state index in [1.807, 2.05) is 185 Å². The third-order valence-corrected chi connectivity index (χ3v) is 17.6. The fraction of sp³-hybridized carbons (Fsp3) is 0.141. The minimum absolute atomic E-state index is 0.0256. The first-order valence-corrected chi connectivity index (χ1v) is 37.9. The van der Waals surface area contributed by atoms with Crippen molar-refractivity contribution in [3.8, 4) is 67.9 Å². The van der Waals surface area contributed by atoms with Crippen molar-refractivity contribution in [2.75, 3.05) is 44.2 Å². The molecule has 0 saturated carbocycles. The van der Waals surface area contributed by atoms with Gasteiger partial charge in [0.15, 0.2) is 26.8 Å². The van der Waals surface area contributed by atoms with Crippen molar-refractivity contribution in [3.63, 3.8) is 0 Å². The lowest BCUT2D eigenvalue weighted by Crippen LogP contribution is -2.12. The summed E-state index contributed by atoms with van der Waals surface area (Å²) in [6.45, 7) is 7.11. The molecule has 28 nitrogen and oxygen atoms in total. The third-order valence-electron chi connectivity index (χ3n) is 15.5. The van der Waals surface area contributed by atoms with Gasteiger partial charge in [-0.25, -0.2) is 64.5 Å². The summed E-state index contributed by atoms with van der Waals surface area (Å²) in [5.41, 5.74) is 19.1. The molecule has 0 aliphatic rings. The van der Waals surface area contributed by atoms with E-state index in [2.05, 4.69) is 86.4 Å². The van der Waals surface area contributed by atoms with E-state index in [-0.39, 0.29) is 5.75 Å². The molecule has 15 rings (SSSR count). The van der Waals surface area contributed by atoms with E-state index < -0.39 is 29.6 Å². The summed E-state index contributed by atoms with van der Waals surface area (Å²) < 4.78 is 69.0. The Labute approximate surface area is 586 Å². The van der Waals surface area contributed by atoms with Gasteiger partial charge in [-0.15, -0.1) is 0 Å². The average Bonchev–Trinajstić information content (AvgIpc) is 1.64. The number of aromatic nitrogens is 18. The Bertz CT molecular complexity index is 5880. The van der Waals surface area contributed by atoms with Gasteiger partial charge in [-0.2, -0.15) is 15.3 Å². The maximum absolute atomic E-state index is 12.0. The van der Waals surface area contributed by atoms with Crippen molar-refractivity contribution in [3.05, 3.63) is 241 Å². The van der Waals surface area contributed by atoms with Crippen LogP contribution in [0.2, 0.25) is 0 Å². The van der Waals surface area contributed by atoms with Gasteiger partial charge in [0.05, 0.1) is 94.3 Å². The van der Waals surface area contributed by atoms with Crippen molar-refractivity contribution < 1.29 is 21.0 Å². The number of benzene rings is 3. The van der Waals surface area contributed by atoms with Crippen molar-refractivity contribution in [2.24, 2.45) is 0 Å². The normalized spacial score (nSPS) is 12.1. The smallest absolute Gasteiger partial charge is 0.229 e. The predicted octanol–water partition coefficient (Wildman–Crippen LogP) is 10.9. The van der Waals surface area contributed by atoms with Crippen LogP contribution < -0.4 is 25.4 Å². The number of pyridine rings is 6. The summed E-state index contributed by atoms with van der Waals surface area (Å²) >= 11 is 0. The number of nitrogens with zero attached hydrogens (tertiary/aromatic N) is 15. The van der Waals surface area contributed by atoms with E-state index in [0.29, 0.717) is 36.8 Å². The largest absolute Gasteiger partial charge is 0.378 e. The van der Waals surface area contributed by atoms with Gasteiger partial charge in [-0.1, -0.05) is 48.5 Å². The third kappa shape index (κ3) is 17.1. The van der Waals surface area contributed by atoms with Gasteiger partial charge in [0.2, 0.25) is 10.0 Å². The molecule has 1 unspecified atom stereocenters. The maximum Gasteiger partial charge on any atom is 0.229 e. The van der Waals surface area contributed by atoms with E-state index in [0.717, 1.165) is 142 Å². The molecule has 12 heterocycles. The van der Waals surface area contributed by atoms with Gasteiger partial charge in [-0.05, 0) is 147 Å². The summed E-state index contributed by atoms with van der Waals surface area (Å²) in [4.78, 5) is 51.5. The number of sulfone groups is 1. The second kappa shape index (κ2) is 29.1. The summed E-state index contributed by atoms with van der Waals surface area (Å²) in [5.74, 6) is 5.83. The number of nitrogens with one attached hydrogen (secondary N) is 8. The molecule has 0 fully saturated rings. The lowest BCUT2D eigenvalue weighted by atomic mass is 10.1. The number of rotatable bonds is 21. The van der Waals surface area contributed by atoms with Gasteiger partial charge >= 0.3 is 0 Å². The summed E-state index contributed by atoms with van der Waals surface area (Å²) in [6.07, 6.45) is 14.1. The minimum Gasteiger partial charge on any atom is -0.378 e. The maximum atomic E-state index is 12.0. The van der Waals surface area contributed by atoms with Gasteiger partial charge in [0.25, 0.3) is 0 Å². The van der Waals surface area contributed by atoms with E-state index in [4.69, 9.17) is 19.9 Å². The molecule has 12 aromatic heterocycles. The molecule has 0 saturated heterocycles. The van der Waals surface area contributed by atoms with Crippen LogP contribution in [0.5, 0.6) is 0 Å². The van der Waals surface area contributed by atoms with Gasteiger partial charge < -0.3 is 35.6 Å². The first kappa shape index (κ1) is 68.1. The molecule has 3 aromatic carbocycles. The molecule has 31 heteroatoms. The highest BCUT2D eigenvalue weighted by molar-refractivity contribution is 8.00. The van der Waals surface area contributed by atoms with Gasteiger partial charge in [-0.3, -0.25) is 19.7 Å². The minimum atomic E-state index is -3.41. The molecule has 0 aliphatic heterocycles. The number of imidazole rings is 3.